The Morgan fingerprint density at radius 3 is 2.78 bits per heavy atom. The van der Waals surface area contributed by atoms with E-state index in [2.05, 4.69) is 25.3 Å². The third kappa shape index (κ3) is 4.22. The number of carbonyl (C=O) groups excluding carboxylic acids is 1. The van der Waals surface area contributed by atoms with Crippen LogP contribution in [-0.2, 0) is 4.74 Å². The van der Waals surface area contributed by atoms with Gasteiger partial charge in [0.25, 0.3) is 5.91 Å². The Morgan fingerprint density at radius 2 is 2.09 bits per heavy atom. The van der Waals surface area contributed by atoms with Crippen LogP contribution < -0.4 is 5.32 Å². The first-order valence-electron chi connectivity index (χ1n) is 10.7. The Balaban J connectivity index is 1.71. The summed E-state index contributed by atoms with van der Waals surface area (Å²) in [5.74, 6) is 0.0484. The van der Waals surface area contributed by atoms with Crippen molar-refractivity contribution in [3.05, 3.63) is 48.0 Å². The summed E-state index contributed by atoms with van der Waals surface area (Å²) < 4.78 is 5.63. The topological polar surface area (TPSA) is 136 Å². The second-order valence-corrected chi connectivity index (χ2v) is 7.89. The molecule has 10 nitrogen and oxygen atoms in total. The lowest BCUT2D eigenvalue weighted by atomic mass is 9.86. The molecule has 1 aliphatic heterocycles. The highest BCUT2D eigenvalue weighted by atomic mass is 16.5. The van der Waals surface area contributed by atoms with E-state index >= 15 is 0 Å². The fourth-order valence-corrected chi connectivity index (χ4v) is 4.34. The van der Waals surface area contributed by atoms with Crippen LogP contribution in [0.3, 0.4) is 0 Å². The largest absolute Gasteiger partial charge is 0.395 e. The minimum atomic E-state index is -0.920. The molecule has 1 saturated heterocycles. The van der Waals surface area contributed by atoms with Crippen LogP contribution in [0, 0.1) is 0 Å². The highest BCUT2D eigenvalue weighted by Crippen LogP contribution is 2.33. The molecule has 0 aliphatic carbocycles. The van der Waals surface area contributed by atoms with Crippen LogP contribution >= 0.6 is 0 Å². The molecule has 1 aliphatic rings. The minimum Gasteiger partial charge on any atom is -0.395 e. The summed E-state index contributed by atoms with van der Waals surface area (Å²) in [7, 11) is 1.52. The molecule has 170 valence electrons. The van der Waals surface area contributed by atoms with E-state index < -0.39 is 18.2 Å². The zero-order valence-electron chi connectivity index (χ0n) is 18.1. The quantitative estimate of drug-likeness (QED) is 0.430. The summed E-state index contributed by atoms with van der Waals surface area (Å²) in [6.07, 6.45) is 0.826. The normalized spacial score (nSPS) is 24.0. The molecule has 3 heterocycles. The van der Waals surface area contributed by atoms with Gasteiger partial charge >= 0.3 is 0 Å². The molecule has 2 aromatic heterocycles. The van der Waals surface area contributed by atoms with Gasteiger partial charge in [0.05, 0.1) is 37.1 Å². The lowest BCUT2D eigenvalue weighted by Gasteiger charge is -2.45. The molecule has 3 aromatic rings. The molecule has 4 atom stereocenters. The fourth-order valence-electron chi connectivity index (χ4n) is 4.34. The Morgan fingerprint density at radius 1 is 1.31 bits per heavy atom. The minimum absolute atomic E-state index is 0.175. The maximum Gasteiger partial charge on any atom is 0.256 e. The van der Waals surface area contributed by atoms with E-state index in [1.54, 1.807) is 24.3 Å². The van der Waals surface area contributed by atoms with Crippen molar-refractivity contribution in [1.82, 2.24) is 24.8 Å². The van der Waals surface area contributed by atoms with Gasteiger partial charge in [-0.1, -0.05) is 25.1 Å². The van der Waals surface area contributed by atoms with Gasteiger partial charge in [0, 0.05) is 19.2 Å². The number of H-pyrrole nitrogens is 1. The number of nitrogens with one attached hydrogen (secondary N) is 2. The van der Waals surface area contributed by atoms with Gasteiger partial charge in [-0.15, -0.1) is 0 Å². The zero-order valence-corrected chi connectivity index (χ0v) is 18.1. The van der Waals surface area contributed by atoms with Crippen LogP contribution in [0.2, 0.25) is 0 Å². The number of ether oxygens (including phenoxy) is 1. The molecule has 1 aromatic carbocycles. The van der Waals surface area contributed by atoms with Crippen molar-refractivity contribution in [1.29, 1.82) is 0 Å². The van der Waals surface area contributed by atoms with Gasteiger partial charge in [-0.3, -0.25) is 9.69 Å². The van der Waals surface area contributed by atoms with Gasteiger partial charge in [0.2, 0.25) is 0 Å². The number of imidazole rings is 1. The smallest absolute Gasteiger partial charge is 0.256 e. The van der Waals surface area contributed by atoms with E-state index in [1.807, 2.05) is 17.9 Å². The van der Waals surface area contributed by atoms with Crippen molar-refractivity contribution < 1.29 is 19.7 Å². The molecule has 32 heavy (non-hydrogen) atoms. The molecule has 0 radical (unpaired) electrons. The van der Waals surface area contributed by atoms with Crippen molar-refractivity contribution in [2.75, 3.05) is 32.1 Å². The molecular weight excluding hydrogens is 412 g/mol. The van der Waals surface area contributed by atoms with Crippen LogP contribution in [0.1, 0.15) is 35.4 Å². The van der Waals surface area contributed by atoms with E-state index in [-0.39, 0.29) is 18.4 Å². The van der Waals surface area contributed by atoms with E-state index in [9.17, 15) is 15.0 Å². The number of carbonyl (C=O) groups is 1. The monoisotopic (exact) mass is 440 g/mol. The summed E-state index contributed by atoms with van der Waals surface area (Å²) in [6.45, 7) is 3.07. The molecule has 10 heteroatoms. The molecule has 1 amide bonds. The zero-order chi connectivity index (χ0) is 22.7. The van der Waals surface area contributed by atoms with E-state index in [0.29, 0.717) is 41.5 Å². The average molecular weight is 441 g/mol. The number of nitrogens with zero attached hydrogens (tertiary/aromatic N) is 4. The number of methoxy groups -OCH3 is 1. The molecule has 0 unspecified atom stereocenters. The lowest BCUT2D eigenvalue weighted by molar-refractivity contribution is -0.116. The third-order valence-corrected chi connectivity index (χ3v) is 5.90. The van der Waals surface area contributed by atoms with E-state index in [4.69, 9.17) is 4.74 Å². The summed E-state index contributed by atoms with van der Waals surface area (Å²) in [4.78, 5) is 31.3. The summed E-state index contributed by atoms with van der Waals surface area (Å²) in [5.41, 5.74) is 1.43. The Labute approximate surface area is 185 Å². The third-order valence-electron chi connectivity index (χ3n) is 5.90. The second-order valence-electron chi connectivity index (χ2n) is 7.89. The Hall–Kier alpha value is -2.92. The number of aliphatic hydroxyl groups is 2. The molecule has 1 fully saturated rings. The number of hydrogen-bond donors (Lipinski definition) is 4. The number of likely N-dealkylation sites (tertiary alicyclic amines) is 1. The van der Waals surface area contributed by atoms with Gasteiger partial charge in [0.1, 0.15) is 11.3 Å². The van der Waals surface area contributed by atoms with E-state index in [0.717, 1.165) is 6.42 Å². The van der Waals surface area contributed by atoms with Crippen LogP contribution in [-0.4, -0.2) is 86.0 Å². The number of amides is 1. The molecule has 0 spiro atoms. The number of aromatic amines is 1. The van der Waals surface area contributed by atoms with Gasteiger partial charge in [-0.25, -0.2) is 15.0 Å². The van der Waals surface area contributed by atoms with Crippen LogP contribution in [0.5, 0.6) is 0 Å². The summed E-state index contributed by atoms with van der Waals surface area (Å²) in [5, 5.41) is 23.6. The first kappa shape index (κ1) is 22.3. The number of aromatic nitrogens is 4. The molecule has 0 bridgehead atoms. The fraction of sp³-hybridized carbons (Fsp3) is 0.455. The van der Waals surface area contributed by atoms with Crippen LogP contribution in [0.25, 0.3) is 11.2 Å². The van der Waals surface area contributed by atoms with Crippen LogP contribution in [0.4, 0.5) is 5.82 Å². The highest BCUT2D eigenvalue weighted by Gasteiger charge is 2.44. The highest BCUT2D eigenvalue weighted by molar-refractivity contribution is 6.06. The van der Waals surface area contributed by atoms with Crippen molar-refractivity contribution >= 4 is 22.9 Å². The number of piperidine rings is 1. The number of anilines is 1. The van der Waals surface area contributed by atoms with Gasteiger partial charge in [0.15, 0.2) is 11.5 Å². The number of aliphatic hydroxyl groups excluding tert-OH is 2. The Bertz CT molecular complexity index is 1060. The predicted molar refractivity (Wildman–Crippen MR) is 118 cm³/mol. The number of hydrogen-bond acceptors (Lipinski definition) is 8. The van der Waals surface area contributed by atoms with Gasteiger partial charge < -0.3 is 25.3 Å². The molecule has 4 rings (SSSR count). The first-order valence-corrected chi connectivity index (χ1v) is 10.7. The standard InChI is InChI=1S/C22H28N6O4/c1-3-9-28-10-14(18(32-2)17(30)15(28)11-29)19-25-20-16(23-12-24-20)21(26-19)27-22(31)13-7-5-4-6-8-13/h4-8,12,14-15,17-18,29-30H,3,9-11H2,1-2H3,(H2,23,24,25,26,27,31)/t14-,15+,17+,18+/m0/s1. The summed E-state index contributed by atoms with van der Waals surface area (Å²) in [6, 6.07) is 8.43. The maximum absolute atomic E-state index is 12.8. The SMILES string of the molecule is CCCN1C[C@H](c2nc(NC(=O)c3ccccc3)c3[nH]cnc3n2)[C@@H](OC)[C@H](O)[C@H]1CO. The van der Waals surface area contributed by atoms with Crippen molar-refractivity contribution in [3.8, 4) is 0 Å². The van der Waals surface area contributed by atoms with Gasteiger partial charge in [-0.2, -0.15) is 0 Å². The van der Waals surface area contributed by atoms with Crippen molar-refractivity contribution in [3.63, 3.8) is 0 Å². The van der Waals surface area contributed by atoms with Crippen molar-refractivity contribution in [2.24, 2.45) is 0 Å². The number of fused-ring (bicyclic) bond motifs is 1. The first-order chi connectivity index (χ1) is 15.6. The second kappa shape index (κ2) is 9.70. The number of benzene rings is 1. The molecular formula is C22H28N6O4. The average Bonchev–Trinajstić information content (AvgIpc) is 3.29. The van der Waals surface area contributed by atoms with Gasteiger partial charge in [-0.05, 0) is 25.1 Å². The lowest BCUT2D eigenvalue weighted by Crippen LogP contribution is -2.60. The summed E-state index contributed by atoms with van der Waals surface area (Å²) >= 11 is 0. The predicted octanol–water partition coefficient (Wildman–Crippen LogP) is 1.15. The maximum atomic E-state index is 12.8. The van der Waals surface area contributed by atoms with Crippen LogP contribution in [0.15, 0.2) is 36.7 Å². The van der Waals surface area contributed by atoms with Crippen molar-refractivity contribution in [2.45, 2.75) is 37.5 Å². The van der Waals surface area contributed by atoms with E-state index in [1.165, 1.54) is 13.4 Å². The molecule has 4 N–H and O–H groups in total. The molecule has 0 saturated carbocycles. The Kier molecular flexibility index (Phi) is 6.75. The number of rotatable bonds is 7.